The second-order valence-corrected chi connectivity index (χ2v) is 17.9. The molecular formula is C46H58B2O4. The van der Waals surface area contributed by atoms with E-state index in [2.05, 4.69) is 156 Å². The van der Waals surface area contributed by atoms with Crippen molar-refractivity contribution in [3.05, 3.63) is 117 Å². The minimum absolute atomic E-state index is 0.439. The Morgan fingerprint density at radius 3 is 1.35 bits per heavy atom. The fourth-order valence-corrected chi connectivity index (χ4v) is 8.57. The van der Waals surface area contributed by atoms with Gasteiger partial charge < -0.3 is 18.6 Å². The van der Waals surface area contributed by atoms with Gasteiger partial charge >= 0.3 is 14.2 Å². The van der Waals surface area contributed by atoms with Gasteiger partial charge in [-0.15, -0.1) is 0 Å². The number of hydrogen-bond donors (Lipinski definition) is 0. The maximum absolute atomic E-state index is 6.68. The summed E-state index contributed by atoms with van der Waals surface area (Å²) in [7, 11) is -0.939. The van der Waals surface area contributed by atoms with Crippen LogP contribution >= 0.6 is 0 Å². The molecule has 0 N–H and O–H groups in total. The van der Waals surface area contributed by atoms with Crippen molar-refractivity contribution >= 4 is 25.2 Å². The number of aryl methyl sites for hydroxylation is 4. The first-order valence-corrected chi connectivity index (χ1v) is 19.6. The lowest BCUT2D eigenvalue weighted by Gasteiger charge is -2.35. The standard InChI is InChI=1S/C46H58B2O4/c1-13-14-15-16-17-33-23-32(4)26-35(27-33)46(34-24-30(2)22-31(3)25-34)40-28-36(47-49-42(5,6)43(7,8)50-47)18-20-38(40)39-21-19-37(29-41(39)46)48-51-44(9,10)45(11,12)52-48/h18-29H,13-17H2,1-12H3. The molecule has 2 fully saturated rings. The molecule has 1 aliphatic carbocycles. The molecule has 2 aliphatic heterocycles. The van der Waals surface area contributed by atoms with Crippen LogP contribution in [0.3, 0.4) is 0 Å². The van der Waals surface area contributed by atoms with E-state index < -0.39 is 42.1 Å². The molecule has 0 radical (unpaired) electrons. The van der Waals surface area contributed by atoms with Crippen LogP contribution in [0.15, 0.2) is 72.8 Å². The summed E-state index contributed by atoms with van der Waals surface area (Å²) < 4.78 is 26.7. The minimum Gasteiger partial charge on any atom is -0.399 e. The highest BCUT2D eigenvalue weighted by atomic mass is 16.7. The molecule has 4 aromatic carbocycles. The summed E-state index contributed by atoms with van der Waals surface area (Å²) >= 11 is 0. The molecular weight excluding hydrogens is 638 g/mol. The predicted octanol–water partition coefficient (Wildman–Crippen LogP) is 9.70. The van der Waals surface area contributed by atoms with Crippen molar-refractivity contribution in [2.24, 2.45) is 0 Å². The quantitative estimate of drug-likeness (QED) is 0.114. The van der Waals surface area contributed by atoms with E-state index in [4.69, 9.17) is 18.6 Å². The van der Waals surface area contributed by atoms with Gasteiger partial charge in [0.25, 0.3) is 0 Å². The third kappa shape index (κ3) is 6.12. The van der Waals surface area contributed by atoms with Gasteiger partial charge in [0.15, 0.2) is 0 Å². The zero-order valence-corrected chi connectivity index (χ0v) is 33.8. The topological polar surface area (TPSA) is 36.9 Å². The van der Waals surface area contributed by atoms with Crippen LogP contribution in [0, 0.1) is 20.8 Å². The second-order valence-electron chi connectivity index (χ2n) is 17.9. The van der Waals surface area contributed by atoms with Gasteiger partial charge in [-0.2, -0.15) is 0 Å². The Hall–Kier alpha value is -3.15. The summed E-state index contributed by atoms with van der Waals surface area (Å²) in [6, 6.07) is 28.2. The summed E-state index contributed by atoms with van der Waals surface area (Å²) in [6.07, 6.45) is 6.02. The molecule has 7 rings (SSSR count). The van der Waals surface area contributed by atoms with Gasteiger partial charge in [0.05, 0.1) is 27.8 Å². The Balaban J connectivity index is 1.51. The SMILES string of the molecule is CCCCCCc1cc(C)cc(C2(c3cc(C)cc(C)c3)c3cc(B4OC(C)(C)C(C)(C)O4)ccc3-c3ccc(B4OC(C)(C)C(C)(C)O4)cc32)c1. The van der Waals surface area contributed by atoms with Gasteiger partial charge in [-0.05, 0) is 139 Å². The van der Waals surface area contributed by atoms with Crippen LogP contribution in [0.5, 0.6) is 0 Å². The van der Waals surface area contributed by atoms with E-state index in [1.54, 1.807) is 0 Å². The van der Waals surface area contributed by atoms with Gasteiger partial charge in [0.2, 0.25) is 0 Å². The molecule has 4 nitrogen and oxygen atoms in total. The van der Waals surface area contributed by atoms with Crippen molar-refractivity contribution in [1.82, 2.24) is 0 Å². The Kier molecular flexibility index (Phi) is 9.30. The summed E-state index contributed by atoms with van der Waals surface area (Å²) in [4.78, 5) is 0. The van der Waals surface area contributed by atoms with Gasteiger partial charge in [0.1, 0.15) is 0 Å². The van der Waals surface area contributed by atoms with Crippen LogP contribution in [0.25, 0.3) is 11.1 Å². The van der Waals surface area contributed by atoms with Crippen LogP contribution < -0.4 is 10.9 Å². The molecule has 52 heavy (non-hydrogen) atoms. The van der Waals surface area contributed by atoms with Crippen LogP contribution in [-0.4, -0.2) is 36.6 Å². The van der Waals surface area contributed by atoms with Crippen LogP contribution in [0.4, 0.5) is 0 Å². The zero-order chi connectivity index (χ0) is 37.4. The first kappa shape index (κ1) is 37.2. The van der Waals surface area contributed by atoms with E-state index in [9.17, 15) is 0 Å². The van der Waals surface area contributed by atoms with Gasteiger partial charge in [-0.1, -0.05) is 116 Å². The van der Waals surface area contributed by atoms with E-state index in [1.807, 2.05) is 0 Å². The predicted molar refractivity (Wildman–Crippen MR) is 217 cm³/mol. The molecule has 4 aromatic rings. The van der Waals surface area contributed by atoms with E-state index in [1.165, 1.54) is 81.3 Å². The van der Waals surface area contributed by atoms with Gasteiger partial charge in [-0.3, -0.25) is 0 Å². The third-order valence-corrected chi connectivity index (χ3v) is 12.8. The van der Waals surface area contributed by atoms with E-state index in [0.717, 1.165) is 17.3 Å². The minimum atomic E-state index is -0.606. The lowest BCUT2D eigenvalue weighted by molar-refractivity contribution is 0.00578. The van der Waals surface area contributed by atoms with Crippen LogP contribution in [0.2, 0.25) is 0 Å². The molecule has 0 aromatic heterocycles. The number of benzene rings is 4. The Bertz CT molecular complexity index is 1870. The molecule has 0 bridgehead atoms. The molecule has 3 aliphatic rings. The van der Waals surface area contributed by atoms with Crippen molar-refractivity contribution < 1.29 is 18.6 Å². The fraction of sp³-hybridized carbons (Fsp3) is 0.478. The van der Waals surface area contributed by atoms with Crippen molar-refractivity contribution in [2.45, 2.75) is 143 Å². The molecule has 0 unspecified atom stereocenters. The highest BCUT2D eigenvalue weighted by molar-refractivity contribution is 6.62. The summed E-state index contributed by atoms with van der Waals surface area (Å²) in [5.74, 6) is 0. The van der Waals surface area contributed by atoms with Crippen molar-refractivity contribution in [3.63, 3.8) is 0 Å². The molecule has 0 spiro atoms. The molecule has 0 atom stereocenters. The Morgan fingerprint density at radius 2 is 0.904 bits per heavy atom. The summed E-state index contributed by atoms with van der Waals surface area (Å²) in [6.45, 7) is 26.0. The number of hydrogen-bond acceptors (Lipinski definition) is 4. The molecule has 0 amide bonds. The van der Waals surface area contributed by atoms with E-state index >= 15 is 0 Å². The van der Waals surface area contributed by atoms with E-state index in [-0.39, 0.29) is 0 Å². The van der Waals surface area contributed by atoms with Crippen LogP contribution in [-0.2, 0) is 30.5 Å². The zero-order valence-electron chi connectivity index (χ0n) is 33.8. The van der Waals surface area contributed by atoms with Crippen molar-refractivity contribution in [3.8, 4) is 11.1 Å². The molecule has 0 saturated carbocycles. The number of rotatable bonds is 9. The maximum Gasteiger partial charge on any atom is 0.494 e. The molecule has 272 valence electrons. The van der Waals surface area contributed by atoms with Crippen molar-refractivity contribution in [1.29, 1.82) is 0 Å². The van der Waals surface area contributed by atoms with Gasteiger partial charge in [0, 0.05) is 0 Å². The average molecular weight is 697 g/mol. The Morgan fingerprint density at radius 1 is 0.481 bits per heavy atom. The highest BCUT2D eigenvalue weighted by Crippen LogP contribution is 2.56. The smallest absolute Gasteiger partial charge is 0.399 e. The Labute approximate surface area is 314 Å². The summed E-state index contributed by atoms with van der Waals surface area (Å²) in [5.41, 5.74) is 12.4. The second kappa shape index (κ2) is 13.0. The third-order valence-electron chi connectivity index (χ3n) is 12.8. The van der Waals surface area contributed by atoms with Crippen LogP contribution in [0.1, 0.15) is 133 Å². The lowest BCUT2D eigenvalue weighted by atomic mass is 9.64. The first-order chi connectivity index (χ1) is 24.4. The number of fused-ring (bicyclic) bond motifs is 3. The normalized spacial score (nSPS) is 20.3. The molecule has 6 heteroatoms. The van der Waals surface area contributed by atoms with E-state index in [0.29, 0.717) is 0 Å². The lowest BCUT2D eigenvalue weighted by Crippen LogP contribution is -2.41. The largest absolute Gasteiger partial charge is 0.494 e. The van der Waals surface area contributed by atoms with Gasteiger partial charge in [-0.25, -0.2) is 0 Å². The van der Waals surface area contributed by atoms with Crippen molar-refractivity contribution in [2.75, 3.05) is 0 Å². The number of unbranched alkanes of at least 4 members (excludes halogenated alkanes) is 3. The fourth-order valence-electron chi connectivity index (χ4n) is 8.57. The maximum atomic E-state index is 6.68. The average Bonchev–Trinajstić information content (AvgIpc) is 3.56. The first-order valence-electron chi connectivity index (χ1n) is 19.6. The highest BCUT2D eigenvalue weighted by Gasteiger charge is 2.55. The summed E-state index contributed by atoms with van der Waals surface area (Å²) in [5, 5.41) is 0. The molecule has 2 heterocycles. The molecule has 2 saturated heterocycles. The monoisotopic (exact) mass is 696 g/mol.